The van der Waals surface area contributed by atoms with Crippen LogP contribution in [-0.2, 0) is 6.54 Å². The molecule has 0 atom stereocenters. The van der Waals surface area contributed by atoms with Crippen LogP contribution in [0, 0.1) is 6.92 Å². The van der Waals surface area contributed by atoms with E-state index in [0.717, 1.165) is 18.8 Å². The molecule has 2 rings (SSSR count). The third kappa shape index (κ3) is 4.51. The Morgan fingerprint density at radius 1 is 1.17 bits per heavy atom. The van der Waals surface area contributed by atoms with Crippen LogP contribution in [0.4, 0.5) is 0 Å². The highest BCUT2D eigenvalue weighted by atomic mass is 32.2. The maximum atomic E-state index is 4.19. The minimum Gasteiger partial charge on any atom is -0.312 e. The lowest BCUT2D eigenvalue weighted by Crippen LogP contribution is -2.16. The van der Waals surface area contributed by atoms with Gasteiger partial charge in [0.1, 0.15) is 0 Å². The Bertz CT molecular complexity index is 471. The van der Waals surface area contributed by atoms with Crippen molar-refractivity contribution >= 4 is 11.8 Å². The second-order valence-corrected chi connectivity index (χ2v) is 5.38. The zero-order valence-corrected chi connectivity index (χ0v) is 11.4. The Hall–Kier alpha value is -1.32. The van der Waals surface area contributed by atoms with E-state index >= 15 is 0 Å². The fourth-order valence-electron chi connectivity index (χ4n) is 1.70. The van der Waals surface area contributed by atoms with Crippen molar-refractivity contribution in [2.24, 2.45) is 0 Å². The van der Waals surface area contributed by atoms with Gasteiger partial charge in [0.25, 0.3) is 0 Å². The standard InChI is InChI=1S/C15H18N2S/c1-13-9-14(12-17-10-13)11-16-7-8-18-15-5-3-2-4-6-15/h2-6,9-10,12,16H,7-8,11H2,1H3. The Balaban J connectivity index is 1.65. The van der Waals surface area contributed by atoms with Gasteiger partial charge in [-0.2, -0.15) is 0 Å². The molecule has 1 aromatic carbocycles. The third-order valence-corrected chi connectivity index (χ3v) is 3.57. The first kappa shape index (κ1) is 13.1. The molecule has 0 amide bonds. The molecule has 1 heterocycles. The first-order valence-corrected chi connectivity index (χ1v) is 7.12. The molecule has 0 radical (unpaired) electrons. The van der Waals surface area contributed by atoms with E-state index in [0.29, 0.717) is 0 Å². The summed E-state index contributed by atoms with van der Waals surface area (Å²) in [5, 5.41) is 3.44. The molecular weight excluding hydrogens is 240 g/mol. The summed E-state index contributed by atoms with van der Waals surface area (Å²) in [5.41, 5.74) is 2.47. The van der Waals surface area contributed by atoms with Gasteiger partial charge in [0.05, 0.1) is 0 Å². The van der Waals surface area contributed by atoms with Gasteiger partial charge in [-0.3, -0.25) is 4.98 Å². The van der Waals surface area contributed by atoms with Crippen molar-refractivity contribution in [1.82, 2.24) is 10.3 Å². The SMILES string of the molecule is Cc1cncc(CNCCSc2ccccc2)c1. The number of aryl methyl sites for hydroxylation is 1. The molecule has 0 unspecified atom stereocenters. The molecule has 0 aliphatic heterocycles. The lowest BCUT2D eigenvalue weighted by molar-refractivity contribution is 0.729. The summed E-state index contributed by atoms with van der Waals surface area (Å²) in [5.74, 6) is 1.09. The molecule has 0 aliphatic rings. The van der Waals surface area contributed by atoms with E-state index in [1.54, 1.807) is 0 Å². The summed E-state index contributed by atoms with van der Waals surface area (Å²) < 4.78 is 0. The van der Waals surface area contributed by atoms with Gasteiger partial charge in [-0.05, 0) is 30.2 Å². The first-order chi connectivity index (χ1) is 8.84. The lowest BCUT2D eigenvalue weighted by atomic mass is 10.2. The van der Waals surface area contributed by atoms with Crippen LogP contribution in [0.2, 0.25) is 0 Å². The van der Waals surface area contributed by atoms with Crippen molar-refractivity contribution < 1.29 is 0 Å². The summed E-state index contributed by atoms with van der Waals surface area (Å²) in [6.45, 7) is 3.97. The Morgan fingerprint density at radius 2 is 2.00 bits per heavy atom. The monoisotopic (exact) mass is 258 g/mol. The molecule has 0 bridgehead atoms. The number of thioether (sulfide) groups is 1. The third-order valence-electron chi connectivity index (χ3n) is 2.55. The van der Waals surface area contributed by atoms with Crippen molar-refractivity contribution in [3.8, 4) is 0 Å². The average molecular weight is 258 g/mol. The van der Waals surface area contributed by atoms with Gasteiger partial charge in [0.2, 0.25) is 0 Å². The summed E-state index contributed by atoms with van der Waals surface area (Å²) in [4.78, 5) is 5.52. The highest BCUT2D eigenvalue weighted by molar-refractivity contribution is 7.99. The molecule has 3 heteroatoms. The van der Waals surface area contributed by atoms with Crippen molar-refractivity contribution in [2.75, 3.05) is 12.3 Å². The number of pyridine rings is 1. The molecule has 1 N–H and O–H groups in total. The van der Waals surface area contributed by atoms with Crippen LogP contribution in [0.1, 0.15) is 11.1 Å². The van der Waals surface area contributed by atoms with E-state index in [4.69, 9.17) is 0 Å². The molecular formula is C15H18N2S. The molecule has 2 nitrogen and oxygen atoms in total. The number of nitrogens with zero attached hydrogens (tertiary/aromatic N) is 1. The predicted octanol–water partition coefficient (Wildman–Crippen LogP) is 3.27. The number of rotatable bonds is 6. The van der Waals surface area contributed by atoms with E-state index in [9.17, 15) is 0 Å². The van der Waals surface area contributed by atoms with E-state index in [1.807, 2.05) is 30.2 Å². The van der Waals surface area contributed by atoms with Crippen LogP contribution < -0.4 is 5.32 Å². The molecule has 18 heavy (non-hydrogen) atoms. The molecule has 0 saturated heterocycles. The fraction of sp³-hybridized carbons (Fsp3) is 0.267. The fourth-order valence-corrected chi connectivity index (χ4v) is 2.54. The Kier molecular flexibility index (Phi) is 5.24. The predicted molar refractivity (Wildman–Crippen MR) is 77.8 cm³/mol. The van der Waals surface area contributed by atoms with Crippen molar-refractivity contribution in [1.29, 1.82) is 0 Å². The molecule has 0 spiro atoms. The van der Waals surface area contributed by atoms with E-state index in [-0.39, 0.29) is 0 Å². The van der Waals surface area contributed by atoms with Gasteiger partial charge in [-0.15, -0.1) is 11.8 Å². The molecule has 0 fully saturated rings. The normalized spacial score (nSPS) is 10.5. The number of hydrogen-bond acceptors (Lipinski definition) is 3. The van der Waals surface area contributed by atoms with Gasteiger partial charge in [0, 0.05) is 36.1 Å². The number of aromatic nitrogens is 1. The van der Waals surface area contributed by atoms with Crippen molar-refractivity contribution in [3.63, 3.8) is 0 Å². The van der Waals surface area contributed by atoms with Crippen LogP contribution >= 0.6 is 11.8 Å². The van der Waals surface area contributed by atoms with Gasteiger partial charge < -0.3 is 5.32 Å². The van der Waals surface area contributed by atoms with Crippen LogP contribution in [0.5, 0.6) is 0 Å². The molecule has 0 saturated carbocycles. The number of benzene rings is 1. The zero-order chi connectivity index (χ0) is 12.6. The van der Waals surface area contributed by atoms with Crippen LogP contribution in [0.3, 0.4) is 0 Å². The minimum atomic E-state index is 0.893. The summed E-state index contributed by atoms with van der Waals surface area (Å²) in [6.07, 6.45) is 3.80. The molecule has 1 aromatic heterocycles. The molecule has 94 valence electrons. The minimum absolute atomic E-state index is 0.893. The Labute approximate surface area is 113 Å². The van der Waals surface area contributed by atoms with Crippen LogP contribution in [0.15, 0.2) is 53.7 Å². The van der Waals surface area contributed by atoms with Gasteiger partial charge >= 0.3 is 0 Å². The van der Waals surface area contributed by atoms with E-state index in [1.165, 1.54) is 16.0 Å². The molecule has 2 aromatic rings. The maximum absolute atomic E-state index is 4.19. The Morgan fingerprint density at radius 3 is 2.78 bits per heavy atom. The number of hydrogen-bond donors (Lipinski definition) is 1. The van der Waals surface area contributed by atoms with Crippen LogP contribution in [-0.4, -0.2) is 17.3 Å². The van der Waals surface area contributed by atoms with E-state index in [2.05, 4.69) is 47.6 Å². The van der Waals surface area contributed by atoms with Gasteiger partial charge in [-0.25, -0.2) is 0 Å². The maximum Gasteiger partial charge on any atom is 0.0313 e. The lowest BCUT2D eigenvalue weighted by Gasteiger charge is -2.05. The molecule has 0 aliphatic carbocycles. The van der Waals surface area contributed by atoms with Crippen molar-refractivity contribution in [2.45, 2.75) is 18.4 Å². The average Bonchev–Trinajstić information content (AvgIpc) is 2.40. The highest BCUT2D eigenvalue weighted by Gasteiger charge is 1.95. The summed E-state index contributed by atoms with van der Waals surface area (Å²) in [7, 11) is 0. The highest BCUT2D eigenvalue weighted by Crippen LogP contribution is 2.15. The largest absolute Gasteiger partial charge is 0.312 e. The van der Waals surface area contributed by atoms with Gasteiger partial charge in [0.15, 0.2) is 0 Å². The van der Waals surface area contributed by atoms with Gasteiger partial charge in [-0.1, -0.05) is 24.3 Å². The smallest absolute Gasteiger partial charge is 0.0313 e. The quantitative estimate of drug-likeness (QED) is 0.636. The second-order valence-electron chi connectivity index (χ2n) is 4.21. The summed E-state index contributed by atoms with van der Waals surface area (Å²) >= 11 is 1.88. The number of nitrogens with one attached hydrogen (secondary N) is 1. The first-order valence-electron chi connectivity index (χ1n) is 6.14. The van der Waals surface area contributed by atoms with Crippen LogP contribution in [0.25, 0.3) is 0 Å². The van der Waals surface area contributed by atoms with E-state index < -0.39 is 0 Å². The van der Waals surface area contributed by atoms with Crippen molar-refractivity contribution in [3.05, 3.63) is 59.9 Å². The topological polar surface area (TPSA) is 24.9 Å². The zero-order valence-electron chi connectivity index (χ0n) is 10.6. The second kappa shape index (κ2) is 7.19. The summed E-state index contributed by atoms with van der Waals surface area (Å²) in [6, 6.07) is 12.7.